The van der Waals surface area contributed by atoms with Crippen molar-refractivity contribution in [1.29, 1.82) is 0 Å². The summed E-state index contributed by atoms with van der Waals surface area (Å²) in [6.07, 6.45) is 0. The zero-order valence-corrected chi connectivity index (χ0v) is 12.9. The highest BCUT2D eigenvalue weighted by Gasteiger charge is 2.37. The van der Waals surface area contributed by atoms with Crippen LogP contribution in [0.1, 0.15) is 5.56 Å². The second-order valence-corrected chi connectivity index (χ2v) is 10.6. The third-order valence-corrected chi connectivity index (χ3v) is 7.81. The minimum atomic E-state index is -1.47. The standard InChI is InChI=1S/C15H15BrSi/c1-10-4-6-12-13-7-5-11(16)9-15(13)17(2,3)14(12)8-10/h4-9H,1-3H3. The predicted octanol–water partition coefficient (Wildman–Crippen LogP) is 3.56. The molecule has 1 heterocycles. The summed E-state index contributed by atoms with van der Waals surface area (Å²) in [5, 5.41) is 3.15. The van der Waals surface area contributed by atoms with E-state index in [1.54, 1.807) is 10.4 Å². The first-order valence-electron chi connectivity index (χ1n) is 5.92. The second kappa shape index (κ2) is 3.56. The van der Waals surface area contributed by atoms with Gasteiger partial charge in [0.1, 0.15) is 8.07 Å². The van der Waals surface area contributed by atoms with Crippen LogP contribution in [0.25, 0.3) is 11.1 Å². The van der Waals surface area contributed by atoms with Gasteiger partial charge in [-0.2, -0.15) is 0 Å². The largest absolute Gasteiger partial charge is 0.113 e. The molecule has 0 unspecified atom stereocenters. The summed E-state index contributed by atoms with van der Waals surface area (Å²) in [4.78, 5) is 0. The van der Waals surface area contributed by atoms with Crippen LogP contribution in [0.2, 0.25) is 13.1 Å². The molecule has 0 amide bonds. The van der Waals surface area contributed by atoms with E-state index < -0.39 is 8.07 Å². The maximum absolute atomic E-state index is 3.60. The molecule has 0 saturated heterocycles. The lowest BCUT2D eigenvalue weighted by molar-refractivity contribution is 1.49. The van der Waals surface area contributed by atoms with Crippen LogP contribution in [0.3, 0.4) is 0 Å². The molecule has 2 aromatic carbocycles. The van der Waals surface area contributed by atoms with Crippen molar-refractivity contribution < 1.29 is 0 Å². The molecule has 0 N–H and O–H groups in total. The first-order chi connectivity index (χ1) is 8.00. The van der Waals surface area contributed by atoms with E-state index in [0.717, 1.165) is 0 Å². The van der Waals surface area contributed by atoms with Gasteiger partial charge in [-0.1, -0.05) is 58.9 Å². The van der Waals surface area contributed by atoms with E-state index in [4.69, 9.17) is 0 Å². The minimum absolute atomic E-state index is 1.20. The van der Waals surface area contributed by atoms with Gasteiger partial charge in [0.25, 0.3) is 0 Å². The molecule has 3 rings (SSSR count). The molecule has 0 spiro atoms. The summed E-state index contributed by atoms with van der Waals surface area (Å²) >= 11 is 3.60. The Hall–Kier alpha value is -0.863. The van der Waals surface area contributed by atoms with Gasteiger partial charge in [0.15, 0.2) is 0 Å². The molecule has 1 aliphatic rings. The lowest BCUT2D eigenvalue weighted by Gasteiger charge is -2.19. The number of halogens is 1. The van der Waals surface area contributed by atoms with Gasteiger partial charge in [-0.3, -0.25) is 0 Å². The van der Waals surface area contributed by atoms with Gasteiger partial charge in [0, 0.05) is 4.47 Å². The molecular weight excluding hydrogens is 288 g/mol. The number of hydrogen-bond donors (Lipinski definition) is 0. The average Bonchev–Trinajstić information content (AvgIpc) is 2.49. The topological polar surface area (TPSA) is 0 Å². The molecule has 86 valence electrons. The van der Waals surface area contributed by atoms with Crippen molar-refractivity contribution in [3.63, 3.8) is 0 Å². The van der Waals surface area contributed by atoms with Gasteiger partial charge in [0.2, 0.25) is 0 Å². The summed E-state index contributed by atoms with van der Waals surface area (Å²) in [6, 6.07) is 13.6. The Kier molecular flexibility index (Phi) is 2.36. The highest BCUT2D eigenvalue weighted by molar-refractivity contribution is 9.10. The van der Waals surface area contributed by atoms with Gasteiger partial charge in [-0.25, -0.2) is 0 Å². The van der Waals surface area contributed by atoms with E-state index in [-0.39, 0.29) is 0 Å². The minimum Gasteiger partial charge on any atom is -0.0616 e. The lowest BCUT2D eigenvalue weighted by Crippen LogP contribution is -2.49. The number of hydrogen-bond acceptors (Lipinski definition) is 0. The van der Waals surface area contributed by atoms with E-state index in [0.29, 0.717) is 0 Å². The molecule has 0 fully saturated rings. The van der Waals surface area contributed by atoms with Crippen molar-refractivity contribution in [1.82, 2.24) is 0 Å². The van der Waals surface area contributed by atoms with Gasteiger partial charge in [-0.15, -0.1) is 0 Å². The van der Waals surface area contributed by atoms with Gasteiger partial charge >= 0.3 is 0 Å². The van der Waals surface area contributed by atoms with E-state index in [9.17, 15) is 0 Å². The molecule has 0 saturated carbocycles. The Morgan fingerprint density at radius 3 is 2.18 bits per heavy atom. The van der Waals surface area contributed by atoms with Crippen LogP contribution in [-0.4, -0.2) is 8.07 Å². The number of fused-ring (bicyclic) bond motifs is 3. The fourth-order valence-electron chi connectivity index (χ4n) is 2.82. The van der Waals surface area contributed by atoms with Crippen LogP contribution in [0.5, 0.6) is 0 Å². The second-order valence-electron chi connectivity index (χ2n) is 5.36. The molecular formula is C15H15BrSi. The molecule has 0 radical (unpaired) electrons. The van der Waals surface area contributed by atoms with Crippen LogP contribution in [0, 0.1) is 6.92 Å². The Balaban J connectivity index is 2.37. The van der Waals surface area contributed by atoms with Crippen LogP contribution in [0.4, 0.5) is 0 Å². The molecule has 2 aromatic rings. The van der Waals surface area contributed by atoms with Gasteiger partial charge < -0.3 is 0 Å². The van der Waals surface area contributed by atoms with E-state index >= 15 is 0 Å². The number of rotatable bonds is 0. The Bertz CT molecular complexity index is 561. The zero-order valence-electron chi connectivity index (χ0n) is 10.3. The summed E-state index contributed by atoms with van der Waals surface area (Å²) in [5.74, 6) is 0. The number of benzene rings is 2. The maximum atomic E-state index is 3.60. The van der Waals surface area contributed by atoms with Crippen LogP contribution >= 0.6 is 15.9 Å². The number of aryl methyl sites for hydroxylation is 1. The molecule has 2 heteroatoms. The van der Waals surface area contributed by atoms with Crippen LogP contribution in [-0.2, 0) is 0 Å². The smallest absolute Gasteiger partial charge is 0.0616 e. The Morgan fingerprint density at radius 2 is 1.47 bits per heavy atom. The van der Waals surface area contributed by atoms with Crippen LogP contribution < -0.4 is 10.4 Å². The summed E-state index contributed by atoms with van der Waals surface area (Å²) in [7, 11) is -1.47. The van der Waals surface area contributed by atoms with Crippen molar-refractivity contribution in [2.75, 3.05) is 0 Å². The lowest BCUT2D eigenvalue weighted by atomic mass is 10.0. The highest BCUT2D eigenvalue weighted by atomic mass is 79.9. The third kappa shape index (κ3) is 1.54. The van der Waals surface area contributed by atoms with Crippen LogP contribution in [0.15, 0.2) is 40.9 Å². The fourth-order valence-corrected chi connectivity index (χ4v) is 6.57. The maximum Gasteiger partial charge on any atom is 0.113 e. The zero-order chi connectivity index (χ0) is 12.2. The molecule has 0 bridgehead atoms. The van der Waals surface area contributed by atoms with Crippen molar-refractivity contribution in [2.24, 2.45) is 0 Å². The SMILES string of the molecule is Cc1ccc2c(c1)[Si](C)(C)c1cc(Br)ccc1-2. The summed E-state index contributed by atoms with van der Waals surface area (Å²) in [6.45, 7) is 7.08. The predicted molar refractivity (Wildman–Crippen MR) is 81.1 cm³/mol. The normalized spacial score (nSPS) is 15.5. The first-order valence-corrected chi connectivity index (χ1v) is 9.71. The average molecular weight is 303 g/mol. The van der Waals surface area contributed by atoms with Crippen molar-refractivity contribution in [3.8, 4) is 11.1 Å². The molecule has 0 aromatic heterocycles. The molecule has 0 nitrogen and oxygen atoms in total. The molecule has 17 heavy (non-hydrogen) atoms. The quantitative estimate of drug-likeness (QED) is 0.653. The summed E-state index contributed by atoms with van der Waals surface area (Å²) < 4.78 is 1.20. The van der Waals surface area contributed by atoms with E-state index in [2.05, 4.69) is 72.3 Å². The van der Waals surface area contributed by atoms with Crippen molar-refractivity contribution in [3.05, 3.63) is 46.4 Å². The van der Waals surface area contributed by atoms with Crippen molar-refractivity contribution >= 4 is 34.4 Å². The Labute approximate surface area is 112 Å². The molecule has 0 atom stereocenters. The molecule has 0 aliphatic carbocycles. The highest BCUT2D eigenvalue weighted by Crippen LogP contribution is 2.29. The van der Waals surface area contributed by atoms with Gasteiger partial charge in [-0.05, 0) is 40.6 Å². The van der Waals surface area contributed by atoms with Crippen molar-refractivity contribution in [2.45, 2.75) is 20.0 Å². The first kappa shape index (κ1) is 11.2. The monoisotopic (exact) mass is 302 g/mol. The van der Waals surface area contributed by atoms with E-state index in [1.165, 1.54) is 21.2 Å². The summed E-state index contributed by atoms with van der Waals surface area (Å²) in [5.41, 5.74) is 4.27. The Morgan fingerprint density at radius 1 is 0.882 bits per heavy atom. The third-order valence-electron chi connectivity index (χ3n) is 3.79. The van der Waals surface area contributed by atoms with Gasteiger partial charge in [0.05, 0.1) is 0 Å². The molecule has 1 aliphatic heterocycles. The van der Waals surface area contributed by atoms with E-state index in [1.807, 2.05) is 0 Å². The fraction of sp³-hybridized carbons (Fsp3) is 0.200.